The number of nitrogens with zero attached hydrogens (tertiary/aromatic N) is 2. The first-order valence-electron chi connectivity index (χ1n) is 5.85. The number of rotatable bonds is 1. The number of hydrogen-bond donors (Lipinski definition) is 0. The topological polar surface area (TPSA) is 49.7 Å². The van der Waals surface area contributed by atoms with Crippen molar-refractivity contribution in [2.24, 2.45) is 10.5 Å². The van der Waals surface area contributed by atoms with Gasteiger partial charge in [-0.2, -0.15) is 10.1 Å². The summed E-state index contributed by atoms with van der Waals surface area (Å²) in [4.78, 5) is 24.3. The Bertz CT molecular complexity index is 541. The van der Waals surface area contributed by atoms with Gasteiger partial charge in [0.05, 0.1) is 11.1 Å². The lowest BCUT2D eigenvalue weighted by Crippen LogP contribution is -2.37. The van der Waals surface area contributed by atoms with Crippen molar-refractivity contribution in [2.45, 2.75) is 27.7 Å². The summed E-state index contributed by atoms with van der Waals surface area (Å²) in [5, 5.41) is 5.04. The van der Waals surface area contributed by atoms with Crippen molar-refractivity contribution >= 4 is 17.5 Å². The number of hydrogen-bond acceptors (Lipinski definition) is 3. The van der Waals surface area contributed by atoms with E-state index in [2.05, 4.69) is 5.10 Å². The third-order valence-corrected chi connectivity index (χ3v) is 3.37. The second kappa shape index (κ2) is 4.05. The molecule has 4 heteroatoms. The zero-order chi connectivity index (χ0) is 13.5. The molecule has 0 radical (unpaired) electrons. The molecule has 18 heavy (non-hydrogen) atoms. The number of hydrazone groups is 1. The van der Waals surface area contributed by atoms with E-state index in [1.807, 2.05) is 19.1 Å². The van der Waals surface area contributed by atoms with Crippen LogP contribution in [-0.2, 0) is 4.79 Å². The Morgan fingerprint density at radius 1 is 1.17 bits per heavy atom. The van der Waals surface area contributed by atoms with Crippen LogP contribution in [0.25, 0.3) is 0 Å². The fourth-order valence-electron chi connectivity index (χ4n) is 1.70. The molecule has 0 saturated heterocycles. The molecular weight excluding hydrogens is 228 g/mol. The molecule has 2 amide bonds. The van der Waals surface area contributed by atoms with Gasteiger partial charge in [-0.25, -0.2) is 0 Å². The lowest BCUT2D eigenvalue weighted by Gasteiger charge is -2.17. The molecule has 0 unspecified atom stereocenters. The molecule has 0 atom stereocenters. The lowest BCUT2D eigenvalue weighted by molar-refractivity contribution is -0.132. The first kappa shape index (κ1) is 12.5. The molecule has 94 valence electrons. The predicted octanol–water partition coefficient (Wildman–Crippen LogP) is 2.38. The van der Waals surface area contributed by atoms with Crippen molar-refractivity contribution in [3.63, 3.8) is 0 Å². The van der Waals surface area contributed by atoms with Crippen LogP contribution in [0, 0.1) is 12.3 Å². The SMILES string of the molecule is CC1=NN(C(=O)c2ccc(C)cc2)C(=O)C1(C)C. The van der Waals surface area contributed by atoms with Crippen LogP contribution in [0.1, 0.15) is 36.7 Å². The lowest BCUT2D eigenvalue weighted by atomic mass is 9.88. The van der Waals surface area contributed by atoms with Gasteiger partial charge in [0.1, 0.15) is 0 Å². The molecule has 0 fully saturated rings. The van der Waals surface area contributed by atoms with Crippen molar-refractivity contribution in [1.82, 2.24) is 5.01 Å². The van der Waals surface area contributed by atoms with E-state index in [4.69, 9.17) is 0 Å². The van der Waals surface area contributed by atoms with Crippen LogP contribution in [0.15, 0.2) is 29.4 Å². The van der Waals surface area contributed by atoms with Gasteiger partial charge in [-0.3, -0.25) is 9.59 Å². The van der Waals surface area contributed by atoms with E-state index in [-0.39, 0.29) is 11.8 Å². The molecule has 1 aromatic rings. The van der Waals surface area contributed by atoms with E-state index in [0.717, 1.165) is 10.6 Å². The molecule has 2 rings (SSSR count). The van der Waals surface area contributed by atoms with E-state index in [1.165, 1.54) is 0 Å². The largest absolute Gasteiger partial charge is 0.281 e. The summed E-state index contributed by atoms with van der Waals surface area (Å²) < 4.78 is 0. The van der Waals surface area contributed by atoms with Crippen LogP contribution in [0.2, 0.25) is 0 Å². The molecule has 1 heterocycles. The average Bonchev–Trinajstić information content (AvgIpc) is 2.53. The minimum Gasteiger partial charge on any atom is -0.271 e. The molecule has 1 aliphatic heterocycles. The quantitative estimate of drug-likeness (QED) is 0.712. The smallest absolute Gasteiger partial charge is 0.271 e. The number of amides is 2. The van der Waals surface area contributed by atoms with Gasteiger partial charge >= 0.3 is 0 Å². The maximum absolute atomic E-state index is 12.2. The number of carbonyl (C=O) groups excluding carboxylic acids is 2. The highest BCUT2D eigenvalue weighted by molar-refractivity contribution is 6.18. The Morgan fingerprint density at radius 2 is 1.72 bits per heavy atom. The Hall–Kier alpha value is -1.97. The molecule has 0 aromatic heterocycles. The van der Waals surface area contributed by atoms with E-state index in [1.54, 1.807) is 32.9 Å². The standard InChI is InChI=1S/C14H16N2O2/c1-9-5-7-11(8-6-9)12(17)16-13(18)14(3,4)10(2)15-16/h5-8H,1-4H3. The highest BCUT2D eigenvalue weighted by Crippen LogP contribution is 2.29. The molecule has 0 bridgehead atoms. The summed E-state index contributed by atoms with van der Waals surface area (Å²) in [6.07, 6.45) is 0. The minimum absolute atomic E-state index is 0.273. The summed E-state index contributed by atoms with van der Waals surface area (Å²) in [7, 11) is 0. The van der Waals surface area contributed by atoms with Crippen LogP contribution in [0.3, 0.4) is 0 Å². The van der Waals surface area contributed by atoms with Crippen molar-refractivity contribution in [1.29, 1.82) is 0 Å². The first-order valence-corrected chi connectivity index (χ1v) is 5.85. The normalized spacial score (nSPS) is 17.9. The number of carbonyl (C=O) groups is 2. The highest BCUT2D eigenvalue weighted by atomic mass is 16.2. The van der Waals surface area contributed by atoms with Gasteiger partial charge < -0.3 is 0 Å². The van der Waals surface area contributed by atoms with Crippen LogP contribution >= 0.6 is 0 Å². The molecule has 0 aliphatic carbocycles. The van der Waals surface area contributed by atoms with Gasteiger partial charge in [0, 0.05) is 5.56 Å². The van der Waals surface area contributed by atoms with Crippen molar-refractivity contribution in [2.75, 3.05) is 0 Å². The van der Waals surface area contributed by atoms with E-state index >= 15 is 0 Å². The Kier molecular flexibility index (Phi) is 2.81. The van der Waals surface area contributed by atoms with Gasteiger partial charge in [-0.15, -0.1) is 0 Å². The predicted molar refractivity (Wildman–Crippen MR) is 69.2 cm³/mol. The van der Waals surface area contributed by atoms with Crippen molar-refractivity contribution in [3.05, 3.63) is 35.4 Å². The molecule has 1 aliphatic rings. The molecule has 4 nitrogen and oxygen atoms in total. The Labute approximate surface area is 106 Å². The fourth-order valence-corrected chi connectivity index (χ4v) is 1.70. The van der Waals surface area contributed by atoms with Crippen LogP contribution in [0.5, 0.6) is 0 Å². The van der Waals surface area contributed by atoms with Crippen molar-refractivity contribution in [3.8, 4) is 0 Å². The van der Waals surface area contributed by atoms with E-state index < -0.39 is 5.41 Å². The fraction of sp³-hybridized carbons (Fsp3) is 0.357. The van der Waals surface area contributed by atoms with Crippen molar-refractivity contribution < 1.29 is 9.59 Å². The zero-order valence-corrected chi connectivity index (χ0v) is 11.0. The highest BCUT2D eigenvalue weighted by Gasteiger charge is 2.43. The van der Waals surface area contributed by atoms with Gasteiger partial charge in [0.25, 0.3) is 11.8 Å². The maximum Gasteiger partial charge on any atom is 0.281 e. The van der Waals surface area contributed by atoms with Crippen LogP contribution < -0.4 is 0 Å². The summed E-state index contributed by atoms with van der Waals surface area (Å²) >= 11 is 0. The third-order valence-electron chi connectivity index (χ3n) is 3.37. The maximum atomic E-state index is 12.2. The van der Waals surface area contributed by atoms with Gasteiger partial charge in [0.15, 0.2) is 0 Å². The Morgan fingerprint density at radius 3 is 2.17 bits per heavy atom. The van der Waals surface area contributed by atoms with Crippen LogP contribution in [-0.4, -0.2) is 22.5 Å². The average molecular weight is 244 g/mol. The summed E-state index contributed by atoms with van der Waals surface area (Å²) in [6.45, 7) is 7.26. The number of benzene rings is 1. The molecule has 0 saturated carbocycles. The third kappa shape index (κ3) is 1.83. The minimum atomic E-state index is -0.694. The molecule has 1 aromatic carbocycles. The monoisotopic (exact) mass is 244 g/mol. The molecule has 0 spiro atoms. The summed E-state index contributed by atoms with van der Waals surface area (Å²) in [5.74, 6) is -0.643. The molecule has 0 N–H and O–H groups in total. The number of aryl methyl sites for hydroxylation is 1. The zero-order valence-electron chi connectivity index (χ0n) is 11.0. The second-order valence-corrected chi connectivity index (χ2v) is 5.10. The van der Waals surface area contributed by atoms with Gasteiger partial charge in [-0.1, -0.05) is 17.7 Å². The summed E-state index contributed by atoms with van der Waals surface area (Å²) in [5.41, 5.74) is 1.51. The van der Waals surface area contributed by atoms with Gasteiger partial charge in [0.2, 0.25) is 0 Å². The first-order chi connectivity index (χ1) is 8.34. The molecular formula is C14H16N2O2. The Balaban J connectivity index is 2.32. The van der Waals surface area contributed by atoms with Crippen LogP contribution in [0.4, 0.5) is 0 Å². The summed E-state index contributed by atoms with van der Waals surface area (Å²) in [6, 6.07) is 7.10. The number of imide groups is 1. The second-order valence-electron chi connectivity index (χ2n) is 5.10. The van der Waals surface area contributed by atoms with Gasteiger partial charge in [-0.05, 0) is 39.8 Å². The van der Waals surface area contributed by atoms with E-state index in [0.29, 0.717) is 11.3 Å². The van der Waals surface area contributed by atoms with E-state index in [9.17, 15) is 9.59 Å².